The van der Waals surface area contributed by atoms with Crippen LogP contribution in [0.2, 0.25) is 0 Å². The summed E-state index contributed by atoms with van der Waals surface area (Å²) in [4.78, 5) is 0.280. The third-order valence-corrected chi connectivity index (χ3v) is 5.64. The Morgan fingerprint density at radius 1 is 1.33 bits per heavy atom. The van der Waals surface area contributed by atoms with Crippen LogP contribution >= 0.6 is 0 Å². The van der Waals surface area contributed by atoms with E-state index in [0.29, 0.717) is 13.0 Å². The van der Waals surface area contributed by atoms with E-state index in [-0.39, 0.29) is 10.9 Å². The Balaban J connectivity index is 2.07. The van der Waals surface area contributed by atoms with E-state index in [2.05, 4.69) is 11.4 Å². The first-order valence-corrected chi connectivity index (χ1v) is 8.63. The molecule has 0 saturated carbocycles. The molecule has 1 unspecified atom stereocenters. The van der Waals surface area contributed by atoms with E-state index in [0.717, 1.165) is 31.4 Å². The molecule has 114 valence electrons. The van der Waals surface area contributed by atoms with E-state index in [4.69, 9.17) is 5.26 Å². The van der Waals surface area contributed by atoms with Gasteiger partial charge >= 0.3 is 0 Å². The molecule has 0 aromatic heterocycles. The summed E-state index contributed by atoms with van der Waals surface area (Å²) in [5.74, 6) is 0. The van der Waals surface area contributed by atoms with Crippen LogP contribution in [0, 0.1) is 11.3 Å². The average Bonchev–Trinajstić information content (AvgIpc) is 2.49. The summed E-state index contributed by atoms with van der Waals surface area (Å²) in [6, 6.07) is 8.83. The van der Waals surface area contributed by atoms with Crippen molar-refractivity contribution in [1.29, 1.82) is 5.26 Å². The molecule has 0 radical (unpaired) electrons. The molecule has 6 heteroatoms. The van der Waals surface area contributed by atoms with Crippen LogP contribution < -0.4 is 5.32 Å². The van der Waals surface area contributed by atoms with Crippen LogP contribution in [0.4, 0.5) is 0 Å². The minimum absolute atomic E-state index is 0.233. The van der Waals surface area contributed by atoms with Crippen LogP contribution in [0.3, 0.4) is 0 Å². The van der Waals surface area contributed by atoms with Crippen molar-refractivity contribution in [1.82, 2.24) is 9.62 Å². The number of hydrogen-bond acceptors (Lipinski definition) is 4. The molecule has 0 amide bonds. The summed E-state index contributed by atoms with van der Waals surface area (Å²) in [5.41, 5.74) is 0.827. The highest BCUT2D eigenvalue weighted by Gasteiger charge is 2.24. The number of nitrogens with one attached hydrogen (secondary N) is 1. The molecular weight excluding hydrogens is 286 g/mol. The number of sulfonamides is 1. The lowest BCUT2D eigenvalue weighted by Gasteiger charge is -2.27. The summed E-state index contributed by atoms with van der Waals surface area (Å²) >= 11 is 0. The summed E-state index contributed by atoms with van der Waals surface area (Å²) in [7, 11) is -1.84. The van der Waals surface area contributed by atoms with Crippen LogP contribution in [-0.4, -0.2) is 38.9 Å². The lowest BCUT2D eigenvalue weighted by atomic mass is 10.1. The fraction of sp³-hybridized carbons (Fsp3) is 0.533. The zero-order chi connectivity index (χ0) is 15.3. The summed E-state index contributed by atoms with van der Waals surface area (Å²) < 4.78 is 26.4. The molecule has 1 aliphatic heterocycles. The van der Waals surface area contributed by atoms with E-state index < -0.39 is 10.0 Å². The summed E-state index contributed by atoms with van der Waals surface area (Å²) in [6.07, 6.45) is 3.62. The number of benzene rings is 1. The van der Waals surface area contributed by atoms with Crippen molar-refractivity contribution >= 4 is 10.0 Å². The Morgan fingerprint density at radius 3 is 2.62 bits per heavy atom. The Hall–Kier alpha value is -1.42. The predicted molar refractivity (Wildman–Crippen MR) is 81.2 cm³/mol. The van der Waals surface area contributed by atoms with Crippen LogP contribution in [0.5, 0.6) is 0 Å². The molecule has 1 saturated heterocycles. The van der Waals surface area contributed by atoms with Gasteiger partial charge in [-0.3, -0.25) is 0 Å². The molecule has 21 heavy (non-hydrogen) atoms. The minimum Gasteiger partial charge on any atom is -0.313 e. The largest absolute Gasteiger partial charge is 0.313 e. The van der Waals surface area contributed by atoms with Gasteiger partial charge in [-0.2, -0.15) is 9.57 Å². The Bertz CT molecular complexity index is 599. The number of likely N-dealkylation sites (N-methyl/N-ethyl adjacent to an activating group) is 1. The van der Waals surface area contributed by atoms with Crippen molar-refractivity contribution in [2.24, 2.45) is 0 Å². The van der Waals surface area contributed by atoms with Gasteiger partial charge in [0.1, 0.15) is 0 Å². The minimum atomic E-state index is -3.46. The predicted octanol–water partition coefficient (Wildman–Crippen LogP) is 1.52. The van der Waals surface area contributed by atoms with Crippen LogP contribution in [0.15, 0.2) is 29.2 Å². The van der Waals surface area contributed by atoms with Crippen LogP contribution in [0.1, 0.15) is 24.8 Å². The first-order chi connectivity index (χ1) is 10.0. The number of rotatable bonds is 5. The molecule has 1 aliphatic rings. The maximum Gasteiger partial charge on any atom is 0.242 e. The van der Waals surface area contributed by atoms with Gasteiger partial charge in [0, 0.05) is 19.6 Å². The monoisotopic (exact) mass is 307 g/mol. The third-order valence-electron chi connectivity index (χ3n) is 3.80. The van der Waals surface area contributed by atoms with Gasteiger partial charge in [-0.05, 0) is 37.1 Å². The van der Waals surface area contributed by atoms with E-state index in [1.165, 1.54) is 4.31 Å². The fourth-order valence-electron chi connectivity index (χ4n) is 2.54. The van der Waals surface area contributed by atoms with Crippen molar-refractivity contribution in [3.8, 4) is 6.07 Å². The third kappa shape index (κ3) is 4.03. The van der Waals surface area contributed by atoms with Crippen LogP contribution in [-0.2, 0) is 16.4 Å². The van der Waals surface area contributed by atoms with E-state index in [1.807, 2.05) is 0 Å². The highest BCUT2D eigenvalue weighted by Crippen LogP contribution is 2.17. The second-order valence-corrected chi connectivity index (χ2v) is 7.46. The highest BCUT2D eigenvalue weighted by molar-refractivity contribution is 7.89. The van der Waals surface area contributed by atoms with Crippen molar-refractivity contribution in [3.63, 3.8) is 0 Å². The molecule has 2 rings (SSSR count). The molecule has 1 aromatic rings. The average molecular weight is 307 g/mol. The first kappa shape index (κ1) is 16.0. The van der Waals surface area contributed by atoms with Gasteiger partial charge in [0.2, 0.25) is 10.0 Å². The molecule has 0 bridgehead atoms. The van der Waals surface area contributed by atoms with E-state index in [9.17, 15) is 8.42 Å². The fourth-order valence-corrected chi connectivity index (χ4v) is 3.75. The molecule has 1 N–H and O–H groups in total. The number of nitriles is 1. The molecule has 0 aliphatic carbocycles. The zero-order valence-electron chi connectivity index (χ0n) is 12.2. The van der Waals surface area contributed by atoms with Crippen molar-refractivity contribution < 1.29 is 8.42 Å². The van der Waals surface area contributed by atoms with Gasteiger partial charge in [-0.25, -0.2) is 8.42 Å². The van der Waals surface area contributed by atoms with Crippen molar-refractivity contribution in [3.05, 3.63) is 29.8 Å². The molecule has 5 nitrogen and oxygen atoms in total. The van der Waals surface area contributed by atoms with Crippen LogP contribution in [0.25, 0.3) is 0 Å². The SMILES string of the molecule is CN(CC1CCCCN1)S(=O)(=O)c1ccc(CC#N)cc1. The molecule has 1 aromatic carbocycles. The van der Waals surface area contributed by atoms with Gasteiger partial charge in [0.25, 0.3) is 0 Å². The zero-order valence-corrected chi connectivity index (χ0v) is 13.1. The van der Waals surface area contributed by atoms with Crippen molar-refractivity contribution in [2.45, 2.75) is 36.6 Å². The normalized spacial score (nSPS) is 19.4. The number of piperidine rings is 1. The van der Waals surface area contributed by atoms with E-state index >= 15 is 0 Å². The highest BCUT2D eigenvalue weighted by atomic mass is 32.2. The van der Waals surface area contributed by atoms with Gasteiger partial charge in [0.05, 0.1) is 17.4 Å². The molecule has 1 fully saturated rings. The van der Waals surface area contributed by atoms with Gasteiger partial charge in [-0.15, -0.1) is 0 Å². The topological polar surface area (TPSA) is 73.2 Å². The maximum atomic E-state index is 12.5. The Morgan fingerprint density at radius 2 is 2.05 bits per heavy atom. The Kier molecular flexibility index (Phi) is 5.34. The molecule has 0 spiro atoms. The Labute approximate surface area is 126 Å². The van der Waals surface area contributed by atoms with Crippen molar-refractivity contribution in [2.75, 3.05) is 20.1 Å². The molecule has 1 heterocycles. The second kappa shape index (κ2) is 7.03. The summed E-state index contributed by atoms with van der Waals surface area (Å²) in [5, 5.41) is 12.0. The lowest BCUT2D eigenvalue weighted by molar-refractivity contribution is 0.337. The summed E-state index contributed by atoms with van der Waals surface area (Å²) in [6.45, 7) is 1.45. The molecule has 1 atom stereocenters. The molecular formula is C15H21N3O2S. The number of hydrogen-bond donors (Lipinski definition) is 1. The standard InChI is InChI=1S/C15H21N3O2S/c1-18(12-14-4-2-3-11-17-14)21(19,20)15-7-5-13(6-8-15)9-10-16/h5-8,14,17H,2-4,9,11-12H2,1H3. The lowest BCUT2D eigenvalue weighted by Crippen LogP contribution is -2.44. The van der Waals surface area contributed by atoms with E-state index in [1.54, 1.807) is 31.3 Å². The van der Waals surface area contributed by atoms with Gasteiger partial charge < -0.3 is 5.32 Å². The first-order valence-electron chi connectivity index (χ1n) is 7.19. The van der Waals surface area contributed by atoms with Gasteiger partial charge in [-0.1, -0.05) is 18.6 Å². The smallest absolute Gasteiger partial charge is 0.242 e. The number of nitrogens with zero attached hydrogens (tertiary/aromatic N) is 2. The van der Waals surface area contributed by atoms with Gasteiger partial charge in [0.15, 0.2) is 0 Å². The second-order valence-electron chi connectivity index (χ2n) is 5.41. The maximum absolute atomic E-state index is 12.5. The quantitative estimate of drug-likeness (QED) is 0.895.